The number of benzene rings is 1. The van der Waals surface area contributed by atoms with Gasteiger partial charge in [0.25, 0.3) is 0 Å². The van der Waals surface area contributed by atoms with Crippen LogP contribution in [-0.4, -0.2) is 16.5 Å². The van der Waals surface area contributed by atoms with Crippen molar-refractivity contribution in [2.45, 2.75) is 6.42 Å². The lowest BCUT2D eigenvalue weighted by Crippen LogP contribution is -2.06. The average molecular weight is 302 g/mol. The van der Waals surface area contributed by atoms with Crippen molar-refractivity contribution in [2.75, 3.05) is 11.9 Å². The number of nitrogens with zero attached hydrogens (tertiary/aromatic N) is 2. The molecule has 0 aliphatic heterocycles. The van der Waals surface area contributed by atoms with Gasteiger partial charge in [0.05, 0.1) is 17.4 Å². The molecule has 2 heterocycles. The maximum absolute atomic E-state index is 13.1. The molecular formula is C16H13ClFN3. The molecule has 0 amide bonds. The summed E-state index contributed by atoms with van der Waals surface area (Å²) >= 11 is 5.96. The molecule has 0 aliphatic carbocycles. The first-order valence-electron chi connectivity index (χ1n) is 6.61. The lowest BCUT2D eigenvalue weighted by atomic mass is 10.1. The summed E-state index contributed by atoms with van der Waals surface area (Å²) in [6.07, 6.45) is 3.68. The normalized spacial score (nSPS) is 10.8. The number of nitrogens with one attached hydrogen (secondary N) is 1. The number of fused-ring (bicyclic) bond motifs is 1. The molecule has 5 heteroatoms. The number of halogens is 2. The Labute approximate surface area is 126 Å². The van der Waals surface area contributed by atoms with Gasteiger partial charge >= 0.3 is 0 Å². The molecule has 3 aromatic rings. The van der Waals surface area contributed by atoms with Crippen LogP contribution in [0.4, 0.5) is 10.1 Å². The van der Waals surface area contributed by atoms with Crippen LogP contribution in [0.15, 0.2) is 48.8 Å². The van der Waals surface area contributed by atoms with Crippen LogP contribution in [0.1, 0.15) is 5.56 Å². The summed E-state index contributed by atoms with van der Waals surface area (Å²) in [5, 5.41) is 4.04. The van der Waals surface area contributed by atoms with E-state index in [4.69, 9.17) is 11.6 Å². The Morgan fingerprint density at radius 2 is 2.05 bits per heavy atom. The molecule has 0 unspecified atom stereocenters. The summed E-state index contributed by atoms with van der Waals surface area (Å²) in [6, 6.07) is 11.0. The minimum atomic E-state index is -0.383. The van der Waals surface area contributed by atoms with E-state index in [1.54, 1.807) is 6.20 Å². The molecule has 0 aliphatic rings. The number of hydrogen-bond acceptors (Lipinski definition) is 3. The summed E-state index contributed by atoms with van der Waals surface area (Å²) in [7, 11) is 0. The molecule has 1 N–H and O–H groups in total. The monoisotopic (exact) mass is 301 g/mol. The summed E-state index contributed by atoms with van der Waals surface area (Å²) in [6.45, 7) is 0.735. The highest BCUT2D eigenvalue weighted by Gasteiger charge is 2.04. The van der Waals surface area contributed by atoms with Crippen molar-refractivity contribution in [1.29, 1.82) is 0 Å². The van der Waals surface area contributed by atoms with E-state index in [-0.39, 0.29) is 5.82 Å². The average Bonchev–Trinajstić information content (AvgIpc) is 2.47. The van der Waals surface area contributed by atoms with E-state index in [2.05, 4.69) is 15.3 Å². The Hall–Kier alpha value is -2.20. The summed E-state index contributed by atoms with van der Waals surface area (Å²) < 4.78 is 13.1. The van der Waals surface area contributed by atoms with Crippen LogP contribution in [0.2, 0.25) is 5.02 Å². The Morgan fingerprint density at radius 1 is 1.14 bits per heavy atom. The second kappa shape index (κ2) is 6.06. The predicted molar refractivity (Wildman–Crippen MR) is 83.1 cm³/mol. The first kappa shape index (κ1) is 13.8. The topological polar surface area (TPSA) is 37.8 Å². The molecule has 3 rings (SSSR count). The first-order valence-corrected chi connectivity index (χ1v) is 6.99. The van der Waals surface area contributed by atoms with Gasteiger partial charge in [-0.25, -0.2) is 9.37 Å². The van der Waals surface area contributed by atoms with E-state index in [1.165, 1.54) is 12.3 Å². The number of hydrogen-bond donors (Lipinski definition) is 1. The van der Waals surface area contributed by atoms with Gasteiger partial charge in [0.1, 0.15) is 11.3 Å². The third-order valence-electron chi connectivity index (χ3n) is 3.16. The van der Waals surface area contributed by atoms with Crippen molar-refractivity contribution in [3.63, 3.8) is 0 Å². The standard InChI is InChI=1S/C16H13ClFN3/c17-12-3-1-2-11(8-12)4-6-19-14-5-7-20-15-9-13(18)10-21-16(14)15/h1-3,5,7-10H,4,6H2,(H,19,20). The van der Waals surface area contributed by atoms with E-state index >= 15 is 0 Å². The first-order chi connectivity index (χ1) is 10.2. The maximum Gasteiger partial charge on any atom is 0.143 e. The van der Waals surface area contributed by atoms with E-state index in [0.29, 0.717) is 11.0 Å². The van der Waals surface area contributed by atoms with Crippen LogP contribution < -0.4 is 5.32 Å². The number of anilines is 1. The van der Waals surface area contributed by atoms with Crippen molar-refractivity contribution < 1.29 is 4.39 Å². The van der Waals surface area contributed by atoms with E-state index < -0.39 is 0 Å². The molecule has 3 nitrogen and oxygen atoms in total. The summed E-state index contributed by atoms with van der Waals surface area (Å²) in [5.74, 6) is -0.383. The van der Waals surface area contributed by atoms with Crippen LogP contribution >= 0.6 is 11.6 Å². The van der Waals surface area contributed by atoms with Gasteiger partial charge in [-0.3, -0.25) is 4.98 Å². The zero-order chi connectivity index (χ0) is 14.7. The van der Waals surface area contributed by atoms with Crippen molar-refractivity contribution in [3.05, 3.63) is 65.2 Å². The maximum atomic E-state index is 13.1. The largest absolute Gasteiger partial charge is 0.383 e. The Balaban J connectivity index is 1.73. The van der Waals surface area contributed by atoms with Gasteiger partial charge in [-0.1, -0.05) is 23.7 Å². The van der Waals surface area contributed by atoms with Crippen LogP contribution in [0.5, 0.6) is 0 Å². The van der Waals surface area contributed by atoms with Crippen molar-refractivity contribution in [3.8, 4) is 0 Å². The molecule has 1 aromatic carbocycles. The molecule has 0 bridgehead atoms. The van der Waals surface area contributed by atoms with Crippen LogP contribution in [0, 0.1) is 5.82 Å². The molecule has 106 valence electrons. The smallest absolute Gasteiger partial charge is 0.143 e. The fourth-order valence-corrected chi connectivity index (χ4v) is 2.40. The Kier molecular flexibility index (Phi) is 3.97. The molecule has 0 atom stereocenters. The number of rotatable bonds is 4. The van der Waals surface area contributed by atoms with Crippen LogP contribution in [0.25, 0.3) is 11.0 Å². The fourth-order valence-electron chi connectivity index (χ4n) is 2.18. The molecule has 0 fully saturated rings. The Morgan fingerprint density at radius 3 is 2.90 bits per heavy atom. The molecular weight excluding hydrogens is 289 g/mol. The number of aromatic nitrogens is 2. The van der Waals surface area contributed by atoms with Gasteiger partial charge in [0.2, 0.25) is 0 Å². The zero-order valence-corrected chi connectivity index (χ0v) is 11.9. The van der Waals surface area contributed by atoms with E-state index in [0.717, 1.165) is 29.2 Å². The molecule has 2 aromatic heterocycles. The van der Waals surface area contributed by atoms with E-state index in [1.807, 2.05) is 30.3 Å². The number of pyridine rings is 2. The minimum Gasteiger partial charge on any atom is -0.383 e. The van der Waals surface area contributed by atoms with Crippen LogP contribution in [-0.2, 0) is 6.42 Å². The minimum absolute atomic E-state index is 0.383. The third-order valence-corrected chi connectivity index (χ3v) is 3.40. The van der Waals surface area contributed by atoms with Gasteiger partial charge in [-0.2, -0.15) is 0 Å². The van der Waals surface area contributed by atoms with Crippen molar-refractivity contribution in [1.82, 2.24) is 9.97 Å². The lowest BCUT2D eigenvalue weighted by molar-refractivity contribution is 0.624. The van der Waals surface area contributed by atoms with Crippen molar-refractivity contribution in [2.24, 2.45) is 0 Å². The fraction of sp³-hybridized carbons (Fsp3) is 0.125. The van der Waals surface area contributed by atoms with E-state index in [9.17, 15) is 4.39 Å². The summed E-state index contributed by atoms with van der Waals surface area (Å²) in [4.78, 5) is 8.22. The Bertz CT molecular complexity index is 776. The van der Waals surface area contributed by atoms with Gasteiger partial charge in [0.15, 0.2) is 0 Å². The van der Waals surface area contributed by atoms with Crippen molar-refractivity contribution >= 4 is 28.3 Å². The van der Waals surface area contributed by atoms with Crippen LogP contribution in [0.3, 0.4) is 0 Å². The molecule has 21 heavy (non-hydrogen) atoms. The predicted octanol–water partition coefficient (Wildman–Crippen LogP) is 4.08. The highest BCUT2D eigenvalue weighted by Crippen LogP contribution is 2.19. The van der Waals surface area contributed by atoms with Gasteiger partial charge in [-0.05, 0) is 30.2 Å². The molecule has 0 saturated carbocycles. The molecule has 0 saturated heterocycles. The SMILES string of the molecule is Fc1cnc2c(NCCc3cccc(Cl)c3)ccnc2c1. The second-order valence-electron chi connectivity index (χ2n) is 4.69. The highest BCUT2D eigenvalue weighted by atomic mass is 35.5. The second-order valence-corrected chi connectivity index (χ2v) is 5.12. The van der Waals surface area contributed by atoms with Gasteiger partial charge in [0, 0.05) is 23.8 Å². The third kappa shape index (κ3) is 3.28. The molecule has 0 spiro atoms. The molecule has 0 radical (unpaired) electrons. The zero-order valence-electron chi connectivity index (χ0n) is 11.2. The quantitative estimate of drug-likeness (QED) is 0.789. The summed E-state index contributed by atoms with van der Waals surface area (Å²) in [5.41, 5.74) is 3.22. The van der Waals surface area contributed by atoms with Gasteiger partial charge < -0.3 is 5.32 Å². The lowest BCUT2D eigenvalue weighted by Gasteiger charge is -2.09. The van der Waals surface area contributed by atoms with Gasteiger partial charge in [-0.15, -0.1) is 0 Å². The highest BCUT2D eigenvalue weighted by molar-refractivity contribution is 6.30.